The van der Waals surface area contributed by atoms with Gasteiger partial charge in [-0.1, -0.05) is 13.0 Å². The number of methoxy groups -OCH3 is 1. The van der Waals surface area contributed by atoms with Crippen LogP contribution in [0.2, 0.25) is 0 Å². The summed E-state index contributed by atoms with van der Waals surface area (Å²) in [5.74, 6) is -0.691. The van der Waals surface area contributed by atoms with Gasteiger partial charge in [0, 0.05) is 24.8 Å². The molecule has 1 aromatic heterocycles. The van der Waals surface area contributed by atoms with Crippen LogP contribution in [0.15, 0.2) is 35.1 Å². The molecule has 1 aliphatic heterocycles. The van der Waals surface area contributed by atoms with E-state index in [1.54, 1.807) is 17.0 Å². The van der Waals surface area contributed by atoms with Gasteiger partial charge in [0.15, 0.2) is 0 Å². The van der Waals surface area contributed by atoms with Crippen molar-refractivity contribution in [2.45, 2.75) is 32.7 Å². The molecule has 3 rings (SSSR count). The zero-order valence-corrected chi connectivity index (χ0v) is 14.9. The predicted molar refractivity (Wildman–Crippen MR) is 96.6 cm³/mol. The number of anilines is 1. The van der Waals surface area contributed by atoms with Crippen molar-refractivity contribution in [2.75, 3.05) is 18.6 Å². The minimum Gasteiger partial charge on any atom is -0.465 e. The first-order valence-electron chi connectivity index (χ1n) is 8.67. The van der Waals surface area contributed by atoms with Crippen LogP contribution in [0.3, 0.4) is 0 Å². The number of nitrogens with zero attached hydrogens (tertiary/aromatic N) is 3. The molecule has 0 N–H and O–H groups in total. The van der Waals surface area contributed by atoms with E-state index in [0.29, 0.717) is 30.8 Å². The van der Waals surface area contributed by atoms with Gasteiger partial charge in [0.1, 0.15) is 5.69 Å². The first kappa shape index (κ1) is 17.8. The Morgan fingerprint density at radius 3 is 2.77 bits per heavy atom. The highest BCUT2D eigenvalue weighted by Gasteiger charge is 2.28. The summed E-state index contributed by atoms with van der Waals surface area (Å²) in [6.45, 7) is 2.94. The van der Waals surface area contributed by atoms with Crippen LogP contribution in [-0.4, -0.2) is 35.3 Å². The molecule has 0 spiro atoms. The number of aryl methyl sites for hydroxylation is 1. The molecule has 0 unspecified atom stereocenters. The second kappa shape index (κ2) is 7.51. The lowest BCUT2D eigenvalue weighted by atomic mass is 9.96. The van der Waals surface area contributed by atoms with Crippen molar-refractivity contribution in [3.63, 3.8) is 0 Å². The van der Waals surface area contributed by atoms with E-state index in [1.165, 1.54) is 23.9 Å². The third-order valence-corrected chi connectivity index (χ3v) is 4.42. The summed E-state index contributed by atoms with van der Waals surface area (Å²) in [6.07, 6.45) is 2.19. The SMILES string of the molecule is CCCn1nc(C(=O)N2CCCc3c(C(=O)OC)cccc32)ccc1=O. The smallest absolute Gasteiger partial charge is 0.338 e. The zero-order valence-electron chi connectivity index (χ0n) is 14.9. The molecular formula is C19H21N3O4. The molecular weight excluding hydrogens is 334 g/mol. The van der Waals surface area contributed by atoms with Gasteiger partial charge in [0.25, 0.3) is 11.5 Å². The monoisotopic (exact) mass is 355 g/mol. The second-order valence-corrected chi connectivity index (χ2v) is 6.14. The Bertz CT molecular complexity index is 904. The molecule has 0 atom stereocenters. The Labute approximate surface area is 151 Å². The van der Waals surface area contributed by atoms with E-state index < -0.39 is 5.97 Å². The molecule has 0 radical (unpaired) electrons. The van der Waals surface area contributed by atoms with Crippen LogP contribution in [0.4, 0.5) is 5.69 Å². The van der Waals surface area contributed by atoms with Gasteiger partial charge in [-0.15, -0.1) is 0 Å². The number of carbonyl (C=O) groups is 2. The van der Waals surface area contributed by atoms with Crippen molar-refractivity contribution in [2.24, 2.45) is 0 Å². The summed E-state index contributed by atoms with van der Waals surface area (Å²) in [5, 5.41) is 4.21. The summed E-state index contributed by atoms with van der Waals surface area (Å²) in [6, 6.07) is 8.09. The van der Waals surface area contributed by atoms with E-state index in [0.717, 1.165) is 18.4 Å². The minimum atomic E-state index is -0.411. The average molecular weight is 355 g/mol. The third-order valence-electron chi connectivity index (χ3n) is 4.42. The van der Waals surface area contributed by atoms with E-state index in [9.17, 15) is 14.4 Å². The van der Waals surface area contributed by atoms with Crippen molar-refractivity contribution in [3.05, 3.63) is 57.5 Å². The Morgan fingerprint density at radius 1 is 1.23 bits per heavy atom. The largest absolute Gasteiger partial charge is 0.465 e. The molecule has 136 valence electrons. The topological polar surface area (TPSA) is 81.5 Å². The van der Waals surface area contributed by atoms with Crippen LogP contribution >= 0.6 is 0 Å². The second-order valence-electron chi connectivity index (χ2n) is 6.14. The van der Waals surface area contributed by atoms with Gasteiger partial charge in [-0.2, -0.15) is 5.10 Å². The van der Waals surface area contributed by atoms with E-state index in [1.807, 2.05) is 13.0 Å². The van der Waals surface area contributed by atoms with Crippen molar-refractivity contribution in [1.29, 1.82) is 0 Å². The third kappa shape index (κ3) is 3.24. The molecule has 7 nitrogen and oxygen atoms in total. The number of amides is 1. The van der Waals surface area contributed by atoms with Crippen LogP contribution in [-0.2, 0) is 17.7 Å². The van der Waals surface area contributed by atoms with Crippen molar-refractivity contribution < 1.29 is 14.3 Å². The maximum Gasteiger partial charge on any atom is 0.338 e. The van der Waals surface area contributed by atoms with E-state index in [4.69, 9.17) is 4.74 Å². The molecule has 0 aliphatic carbocycles. The number of benzene rings is 1. The van der Waals surface area contributed by atoms with E-state index >= 15 is 0 Å². The predicted octanol–water partition coefficient (Wildman–Crippen LogP) is 2.03. The average Bonchev–Trinajstić information content (AvgIpc) is 2.67. The fourth-order valence-electron chi connectivity index (χ4n) is 3.21. The van der Waals surface area contributed by atoms with Crippen LogP contribution < -0.4 is 10.5 Å². The number of esters is 1. The maximum atomic E-state index is 13.0. The number of hydrogen-bond donors (Lipinski definition) is 0. The number of fused-ring (bicyclic) bond motifs is 1. The Hall–Kier alpha value is -2.96. The quantitative estimate of drug-likeness (QED) is 0.784. The summed E-state index contributed by atoms with van der Waals surface area (Å²) >= 11 is 0. The molecule has 2 aromatic rings. The molecule has 0 fully saturated rings. The van der Waals surface area contributed by atoms with Gasteiger partial charge in [0.05, 0.1) is 12.7 Å². The normalized spacial score (nSPS) is 13.2. The van der Waals surface area contributed by atoms with Crippen LogP contribution in [0, 0.1) is 0 Å². The van der Waals surface area contributed by atoms with Crippen molar-refractivity contribution in [3.8, 4) is 0 Å². The molecule has 1 amide bonds. The summed E-state index contributed by atoms with van der Waals surface area (Å²) in [4.78, 5) is 38.5. The molecule has 7 heteroatoms. The van der Waals surface area contributed by atoms with Gasteiger partial charge in [-0.05, 0) is 43.0 Å². The molecule has 2 heterocycles. The highest BCUT2D eigenvalue weighted by molar-refractivity contribution is 6.06. The van der Waals surface area contributed by atoms with Gasteiger partial charge in [0.2, 0.25) is 0 Å². The number of carbonyl (C=O) groups excluding carboxylic acids is 2. The number of ether oxygens (including phenoxy) is 1. The van der Waals surface area contributed by atoms with Crippen molar-refractivity contribution >= 4 is 17.6 Å². The maximum absolute atomic E-state index is 13.0. The summed E-state index contributed by atoms with van der Waals surface area (Å²) in [5.41, 5.74) is 1.97. The number of rotatable bonds is 4. The van der Waals surface area contributed by atoms with Gasteiger partial charge >= 0.3 is 5.97 Å². The number of aromatic nitrogens is 2. The van der Waals surface area contributed by atoms with Crippen molar-refractivity contribution in [1.82, 2.24) is 9.78 Å². The Morgan fingerprint density at radius 2 is 2.04 bits per heavy atom. The molecule has 0 saturated heterocycles. The summed E-state index contributed by atoms with van der Waals surface area (Å²) in [7, 11) is 1.34. The Kier molecular flexibility index (Phi) is 5.16. The molecule has 0 saturated carbocycles. The van der Waals surface area contributed by atoms with Gasteiger partial charge in [-0.25, -0.2) is 9.48 Å². The van der Waals surface area contributed by atoms with E-state index in [-0.39, 0.29) is 17.2 Å². The van der Waals surface area contributed by atoms with Gasteiger partial charge < -0.3 is 9.64 Å². The highest BCUT2D eigenvalue weighted by Crippen LogP contribution is 2.31. The number of hydrogen-bond acceptors (Lipinski definition) is 5. The molecule has 26 heavy (non-hydrogen) atoms. The van der Waals surface area contributed by atoms with Crippen LogP contribution in [0.1, 0.15) is 46.2 Å². The highest BCUT2D eigenvalue weighted by atomic mass is 16.5. The standard InChI is InChI=1S/C19H21N3O4/c1-3-11-22-17(23)10-9-15(20-22)18(24)21-12-5-7-13-14(19(25)26-2)6-4-8-16(13)21/h4,6,8-10H,3,5,7,11-12H2,1-2H3. The molecule has 1 aliphatic rings. The lowest BCUT2D eigenvalue weighted by Gasteiger charge is -2.30. The van der Waals surface area contributed by atoms with Gasteiger partial charge in [-0.3, -0.25) is 9.59 Å². The fraction of sp³-hybridized carbons (Fsp3) is 0.368. The summed E-state index contributed by atoms with van der Waals surface area (Å²) < 4.78 is 6.15. The molecule has 1 aromatic carbocycles. The van der Waals surface area contributed by atoms with Crippen LogP contribution in [0.5, 0.6) is 0 Å². The lowest BCUT2D eigenvalue weighted by molar-refractivity contribution is 0.0599. The zero-order chi connectivity index (χ0) is 18.7. The minimum absolute atomic E-state index is 0.217. The Balaban J connectivity index is 2.00. The first-order chi connectivity index (χ1) is 12.6. The molecule has 0 bridgehead atoms. The first-order valence-corrected chi connectivity index (χ1v) is 8.67. The fourth-order valence-corrected chi connectivity index (χ4v) is 3.21. The lowest BCUT2D eigenvalue weighted by Crippen LogP contribution is -2.38. The van der Waals surface area contributed by atoms with E-state index in [2.05, 4.69) is 5.10 Å². The van der Waals surface area contributed by atoms with Crippen LogP contribution in [0.25, 0.3) is 0 Å².